The molecule has 0 saturated heterocycles. The summed E-state index contributed by atoms with van der Waals surface area (Å²) in [5.41, 5.74) is 2.17. The zero-order valence-electron chi connectivity index (χ0n) is 11.7. The van der Waals surface area contributed by atoms with Crippen LogP contribution >= 0.6 is 11.6 Å². The summed E-state index contributed by atoms with van der Waals surface area (Å²) in [5.74, 6) is 0.814. The number of hydrogen-bond donors (Lipinski definition) is 1. The number of rotatable bonds is 4. The summed E-state index contributed by atoms with van der Waals surface area (Å²) < 4.78 is 2.10. The van der Waals surface area contributed by atoms with E-state index in [1.165, 1.54) is 0 Å². The second-order valence-corrected chi connectivity index (χ2v) is 5.32. The first-order chi connectivity index (χ1) is 10.2. The van der Waals surface area contributed by atoms with Gasteiger partial charge in [0.1, 0.15) is 0 Å². The Labute approximate surface area is 129 Å². The monoisotopic (exact) mass is 297 g/mol. The molecule has 0 spiro atoms. The van der Waals surface area contributed by atoms with Crippen LogP contribution in [0.15, 0.2) is 67.0 Å². The van der Waals surface area contributed by atoms with E-state index in [1.807, 2.05) is 54.7 Å². The first-order valence-electron chi connectivity index (χ1n) is 6.84. The third kappa shape index (κ3) is 3.09. The molecule has 0 amide bonds. The number of para-hydroxylation sites is 1. The fourth-order valence-electron chi connectivity index (χ4n) is 2.30. The second-order valence-electron chi connectivity index (χ2n) is 4.88. The standard InChI is InChI=1S/C17H16ClN3/c1-13(14-6-5-7-15(18)12-14)21-11-10-19-17(21)20-16-8-3-2-4-9-16/h2-13H,1H3,(H,19,20). The number of halogens is 1. The van der Waals surface area contributed by atoms with Crippen molar-refractivity contribution in [1.29, 1.82) is 0 Å². The SMILES string of the molecule is CC(c1cccc(Cl)c1)n1ccnc1Nc1ccccc1. The number of aromatic nitrogens is 2. The predicted octanol–water partition coefficient (Wildman–Crippen LogP) is 4.89. The Hall–Kier alpha value is -2.26. The number of hydrogen-bond acceptors (Lipinski definition) is 2. The average Bonchev–Trinajstić information content (AvgIpc) is 2.95. The topological polar surface area (TPSA) is 29.9 Å². The molecular weight excluding hydrogens is 282 g/mol. The van der Waals surface area contributed by atoms with E-state index in [0.717, 1.165) is 22.2 Å². The molecule has 1 N–H and O–H groups in total. The van der Waals surface area contributed by atoms with Crippen LogP contribution in [0.5, 0.6) is 0 Å². The molecule has 0 saturated carbocycles. The zero-order valence-corrected chi connectivity index (χ0v) is 12.5. The van der Waals surface area contributed by atoms with E-state index in [2.05, 4.69) is 27.9 Å². The van der Waals surface area contributed by atoms with Gasteiger partial charge in [-0.1, -0.05) is 41.9 Å². The Balaban J connectivity index is 1.88. The summed E-state index contributed by atoms with van der Waals surface area (Å²) in [6.07, 6.45) is 3.77. The molecule has 3 nitrogen and oxygen atoms in total. The van der Waals surface area contributed by atoms with Crippen molar-refractivity contribution >= 4 is 23.2 Å². The van der Waals surface area contributed by atoms with Crippen LogP contribution in [0.25, 0.3) is 0 Å². The molecule has 0 aliphatic rings. The molecule has 1 heterocycles. The van der Waals surface area contributed by atoms with Crippen LogP contribution in [0, 0.1) is 0 Å². The van der Waals surface area contributed by atoms with E-state index >= 15 is 0 Å². The molecular formula is C17H16ClN3. The lowest BCUT2D eigenvalue weighted by Gasteiger charge is -2.17. The van der Waals surface area contributed by atoms with Gasteiger partial charge in [0, 0.05) is 23.1 Å². The maximum atomic E-state index is 6.08. The maximum absolute atomic E-state index is 6.08. The molecule has 4 heteroatoms. The third-order valence-corrected chi connectivity index (χ3v) is 3.68. The van der Waals surface area contributed by atoms with Gasteiger partial charge in [-0.15, -0.1) is 0 Å². The van der Waals surface area contributed by atoms with Crippen LogP contribution in [-0.4, -0.2) is 9.55 Å². The highest BCUT2D eigenvalue weighted by atomic mass is 35.5. The van der Waals surface area contributed by atoms with Gasteiger partial charge in [0.2, 0.25) is 5.95 Å². The Kier molecular flexibility index (Phi) is 3.93. The van der Waals surface area contributed by atoms with Crippen molar-refractivity contribution in [3.63, 3.8) is 0 Å². The Morgan fingerprint density at radius 3 is 2.67 bits per heavy atom. The van der Waals surface area contributed by atoms with Gasteiger partial charge in [0.15, 0.2) is 0 Å². The van der Waals surface area contributed by atoms with Crippen LogP contribution in [-0.2, 0) is 0 Å². The molecule has 21 heavy (non-hydrogen) atoms. The van der Waals surface area contributed by atoms with E-state index in [0.29, 0.717) is 0 Å². The number of imidazole rings is 1. The van der Waals surface area contributed by atoms with Crippen molar-refractivity contribution in [3.8, 4) is 0 Å². The van der Waals surface area contributed by atoms with Gasteiger partial charge in [-0.25, -0.2) is 4.98 Å². The number of nitrogens with one attached hydrogen (secondary N) is 1. The fraction of sp³-hybridized carbons (Fsp3) is 0.118. The quantitative estimate of drug-likeness (QED) is 0.743. The van der Waals surface area contributed by atoms with Crippen molar-refractivity contribution in [3.05, 3.63) is 77.6 Å². The van der Waals surface area contributed by atoms with E-state index in [4.69, 9.17) is 11.6 Å². The first-order valence-corrected chi connectivity index (χ1v) is 7.22. The predicted molar refractivity (Wildman–Crippen MR) is 87.2 cm³/mol. The first kappa shape index (κ1) is 13.7. The van der Waals surface area contributed by atoms with Gasteiger partial charge in [-0.3, -0.25) is 0 Å². The van der Waals surface area contributed by atoms with E-state index in [9.17, 15) is 0 Å². The second kappa shape index (κ2) is 6.02. The summed E-state index contributed by atoms with van der Waals surface area (Å²) in [6, 6.07) is 18.1. The van der Waals surface area contributed by atoms with Crippen LogP contribution < -0.4 is 5.32 Å². The largest absolute Gasteiger partial charge is 0.326 e. The average molecular weight is 298 g/mol. The van der Waals surface area contributed by atoms with Gasteiger partial charge >= 0.3 is 0 Å². The summed E-state index contributed by atoms with van der Waals surface area (Å²) in [6.45, 7) is 2.13. The minimum absolute atomic E-state index is 0.150. The van der Waals surface area contributed by atoms with Crippen molar-refractivity contribution in [2.45, 2.75) is 13.0 Å². The minimum atomic E-state index is 0.150. The molecule has 0 fully saturated rings. The Morgan fingerprint density at radius 1 is 1.10 bits per heavy atom. The molecule has 0 aliphatic carbocycles. The number of anilines is 2. The highest BCUT2D eigenvalue weighted by molar-refractivity contribution is 6.30. The molecule has 3 aromatic rings. The lowest BCUT2D eigenvalue weighted by atomic mass is 10.1. The smallest absolute Gasteiger partial charge is 0.207 e. The lowest BCUT2D eigenvalue weighted by molar-refractivity contribution is 0.647. The van der Waals surface area contributed by atoms with Crippen LogP contribution in [0.1, 0.15) is 18.5 Å². The lowest BCUT2D eigenvalue weighted by Crippen LogP contribution is -2.09. The van der Waals surface area contributed by atoms with Crippen LogP contribution in [0.4, 0.5) is 11.6 Å². The Morgan fingerprint density at radius 2 is 1.90 bits per heavy atom. The minimum Gasteiger partial charge on any atom is -0.326 e. The summed E-state index contributed by atoms with van der Waals surface area (Å²) in [7, 11) is 0. The molecule has 3 rings (SSSR count). The molecule has 106 valence electrons. The highest BCUT2D eigenvalue weighted by Crippen LogP contribution is 2.25. The summed E-state index contributed by atoms with van der Waals surface area (Å²) in [4.78, 5) is 4.40. The van der Waals surface area contributed by atoms with E-state index in [1.54, 1.807) is 6.20 Å². The van der Waals surface area contributed by atoms with Gasteiger partial charge in [0.25, 0.3) is 0 Å². The maximum Gasteiger partial charge on any atom is 0.207 e. The van der Waals surface area contributed by atoms with Crippen molar-refractivity contribution in [1.82, 2.24) is 9.55 Å². The van der Waals surface area contributed by atoms with Gasteiger partial charge in [-0.2, -0.15) is 0 Å². The molecule has 1 atom stereocenters. The van der Waals surface area contributed by atoms with Gasteiger partial charge in [0.05, 0.1) is 6.04 Å². The molecule has 2 aromatic carbocycles. The van der Waals surface area contributed by atoms with Crippen LogP contribution in [0.2, 0.25) is 5.02 Å². The molecule has 0 radical (unpaired) electrons. The summed E-state index contributed by atoms with van der Waals surface area (Å²) >= 11 is 6.08. The molecule has 1 unspecified atom stereocenters. The van der Waals surface area contributed by atoms with Crippen molar-refractivity contribution < 1.29 is 0 Å². The highest BCUT2D eigenvalue weighted by Gasteiger charge is 2.12. The van der Waals surface area contributed by atoms with E-state index < -0.39 is 0 Å². The normalized spacial score (nSPS) is 12.1. The van der Waals surface area contributed by atoms with Crippen LogP contribution in [0.3, 0.4) is 0 Å². The molecule has 0 aliphatic heterocycles. The van der Waals surface area contributed by atoms with Gasteiger partial charge in [-0.05, 0) is 36.8 Å². The van der Waals surface area contributed by atoms with Crippen molar-refractivity contribution in [2.75, 3.05) is 5.32 Å². The van der Waals surface area contributed by atoms with Crippen molar-refractivity contribution in [2.24, 2.45) is 0 Å². The molecule has 0 bridgehead atoms. The number of nitrogens with zero attached hydrogens (tertiary/aromatic N) is 2. The van der Waals surface area contributed by atoms with E-state index in [-0.39, 0.29) is 6.04 Å². The third-order valence-electron chi connectivity index (χ3n) is 3.45. The fourth-order valence-corrected chi connectivity index (χ4v) is 2.50. The molecule has 1 aromatic heterocycles. The number of benzene rings is 2. The summed E-state index contributed by atoms with van der Waals surface area (Å²) in [5, 5.41) is 4.08. The zero-order chi connectivity index (χ0) is 14.7. The Bertz CT molecular complexity index is 722. The van der Waals surface area contributed by atoms with Gasteiger partial charge < -0.3 is 9.88 Å².